The van der Waals surface area contributed by atoms with E-state index in [4.69, 9.17) is 0 Å². The fourth-order valence-electron chi connectivity index (χ4n) is 2.98. The second kappa shape index (κ2) is 11.1. The number of thiazole rings is 1. The Labute approximate surface area is 154 Å². The maximum absolute atomic E-state index is 12.0. The predicted molar refractivity (Wildman–Crippen MR) is 104 cm³/mol. The van der Waals surface area contributed by atoms with E-state index in [-0.39, 0.29) is 5.91 Å². The lowest BCUT2D eigenvalue weighted by molar-refractivity contribution is -0.121. The number of amides is 1. The summed E-state index contributed by atoms with van der Waals surface area (Å²) in [5, 5.41) is 10.8. The number of aryl methyl sites for hydroxylation is 1. The van der Waals surface area contributed by atoms with E-state index in [0.29, 0.717) is 19.0 Å². The summed E-state index contributed by atoms with van der Waals surface area (Å²) in [5.41, 5.74) is 0. The quantitative estimate of drug-likeness (QED) is 0.488. The van der Waals surface area contributed by atoms with Gasteiger partial charge in [0.15, 0.2) is 5.96 Å². The fraction of sp³-hybridized carbons (Fsp3) is 0.722. The molecule has 140 valence electrons. The van der Waals surface area contributed by atoms with Crippen LogP contribution in [0.2, 0.25) is 0 Å². The summed E-state index contributed by atoms with van der Waals surface area (Å²) in [6.45, 7) is 3.52. The number of nitrogens with zero attached hydrogens (tertiary/aromatic N) is 2. The highest BCUT2D eigenvalue weighted by molar-refractivity contribution is 7.11. The van der Waals surface area contributed by atoms with Crippen LogP contribution in [0.4, 0.5) is 0 Å². The molecule has 7 heteroatoms. The minimum atomic E-state index is 0.129. The standard InChI is InChI=1S/C18H31N5OS/c1-3-15-13-22-17(25-15)10-12-21-18(19-2)20-11-9-16(24)23-14-7-5-4-6-8-14/h13-14H,3-12H2,1-2H3,(H,23,24)(H2,19,20,21). The highest BCUT2D eigenvalue weighted by atomic mass is 32.1. The Morgan fingerprint density at radius 3 is 2.72 bits per heavy atom. The second-order valence-corrected chi connectivity index (χ2v) is 7.60. The molecule has 0 aliphatic heterocycles. The SMILES string of the molecule is CCc1cnc(CCNC(=NC)NCCC(=O)NC2CCCCC2)s1. The number of guanidine groups is 1. The average Bonchev–Trinajstić information content (AvgIpc) is 3.09. The topological polar surface area (TPSA) is 78.4 Å². The summed E-state index contributed by atoms with van der Waals surface area (Å²) in [7, 11) is 1.75. The van der Waals surface area contributed by atoms with Crippen LogP contribution in [-0.4, -0.2) is 43.0 Å². The van der Waals surface area contributed by atoms with Crippen molar-refractivity contribution in [3.05, 3.63) is 16.1 Å². The summed E-state index contributed by atoms with van der Waals surface area (Å²) in [6, 6.07) is 0.380. The molecule has 0 aromatic carbocycles. The number of aromatic nitrogens is 1. The van der Waals surface area contributed by atoms with Gasteiger partial charge in [0.05, 0.1) is 5.01 Å². The molecular formula is C18H31N5OS. The van der Waals surface area contributed by atoms with Crippen molar-refractivity contribution >= 4 is 23.2 Å². The normalized spacial score (nSPS) is 15.8. The average molecular weight is 366 g/mol. The summed E-state index contributed by atoms with van der Waals surface area (Å²) in [4.78, 5) is 21.9. The Hall–Kier alpha value is -1.63. The van der Waals surface area contributed by atoms with E-state index in [0.717, 1.165) is 43.2 Å². The molecule has 0 unspecified atom stereocenters. The van der Waals surface area contributed by atoms with Crippen molar-refractivity contribution in [1.82, 2.24) is 20.9 Å². The van der Waals surface area contributed by atoms with Gasteiger partial charge >= 0.3 is 0 Å². The van der Waals surface area contributed by atoms with Crippen LogP contribution >= 0.6 is 11.3 Å². The first-order chi connectivity index (χ1) is 12.2. The van der Waals surface area contributed by atoms with Gasteiger partial charge in [0.25, 0.3) is 0 Å². The van der Waals surface area contributed by atoms with Crippen molar-refractivity contribution in [2.45, 2.75) is 64.3 Å². The van der Waals surface area contributed by atoms with Gasteiger partial charge in [0.1, 0.15) is 0 Å². The van der Waals surface area contributed by atoms with E-state index in [9.17, 15) is 4.79 Å². The number of rotatable bonds is 8. The largest absolute Gasteiger partial charge is 0.356 e. The maximum atomic E-state index is 12.0. The Balaban J connectivity index is 1.58. The monoisotopic (exact) mass is 365 g/mol. The Morgan fingerprint density at radius 1 is 1.28 bits per heavy atom. The lowest BCUT2D eigenvalue weighted by Crippen LogP contribution is -2.41. The smallest absolute Gasteiger partial charge is 0.221 e. The van der Waals surface area contributed by atoms with E-state index < -0.39 is 0 Å². The first-order valence-electron chi connectivity index (χ1n) is 9.38. The molecule has 0 bridgehead atoms. The van der Waals surface area contributed by atoms with Crippen LogP contribution in [0.3, 0.4) is 0 Å². The van der Waals surface area contributed by atoms with Gasteiger partial charge in [-0.1, -0.05) is 26.2 Å². The third-order valence-corrected chi connectivity index (χ3v) is 5.62. The molecule has 1 heterocycles. The molecule has 25 heavy (non-hydrogen) atoms. The van der Waals surface area contributed by atoms with E-state index in [1.54, 1.807) is 18.4 Å². The van der Waals surface area contributed by atoms with Gasteiger partial charge in [-0.2, -0.15) is 0 Å². The Morgan fingerprint density at radius 2 is 2.04 bits per heavy atom. The van der Waals surface area contributed by atoms with Gasteiger partial charge in [-0.25, -0.2) is 4.98 Å². The zero-order chi connectivity index (χ0) is 17.9. The van der Waals surface area contributed by atoms with Crippen molar-refractivity contribution in [1.29, 1.82) is 0 Å². The third-order valence-electron chi connectivity index (χ3n) is 4.42. The molecular weight excluding hydrogens is 334 g/mol. The van der Waals surface area contributed by atoms with E-state index >= 15 is 0 Å². The van der Waals surface area contributed by atoms with Gasteiger partial charge < -0.3 is 16.0 Å². The molecule has 0 atom stereocenters. The van der Waals surface area contributed by atoms with Crippen LogP contribution in [0, 0.1) is 0 Å². The van der Waals surface area contributed by atoms with Gasteiger partial charge in [0, 0.05) is 50.1 Å². The molecule has 3 N–H and O–H groups in total. The molecule has 0 saturated heterocycles. The highest BCUT2D eigenvalue weighted by Gasteiger charge is 2.15. The molecule has 0 radical (unpaired) electrons. The number of carbonyl (C=O) groups is 1. The molecule has 6 nitrogen and oxygen atoms in total. The molecule has 1 aliphatic carbocycles. The predicted octanol–water partition coefficient (Wildman–Crippen LogP) is 2.25. The molecule has 1 aromatic rings. The van der Waals surface area contributed by atoms with Crippen LogP contribution in [-0.2, 0) is 17.6 Å². The lowest BCUT2D eigenvalue weighted by Gasteiger charge is -2.22. The first-order valence-corrected chi connectivity index (χ1v) is 10.2. The number of hydrogen-bond donors (Lipinski definition) is 3. The number of aliphatic imine (C=N–C) groups is 1. The van der Waals surface area contributed by atoms with Crippen LogP contribution in [0.5, 0.6) is 0 Å². The van der Waals surface area contributed by atoms with Gasteiger partial charge in [-0.3, -0.25) is 9.79 Å². The van der Waals surface area contributed by atoms with Gasteiger partial charge in [0.2, 0.25) is 5.91 Å². The van der Waals surface area contributed by atoms with E-state index in [1.807, 2.05) is 6.20 Å². The maximum Gasteiger partial charge on any atom is 0.221 e. The molecule has 1 aliphatic rings. The molecule has 1 saturated carbocycles. The number of nitrogens with one attached hydrogen (secondary N) is 3. The summed E-state index contributed by atoms with van der Waals surface area (Å²) in [6.07, 6.45) is 10.4. The summed E-state index contributed by atoms with van der Waals surface area (Å²) in [5.74, 6) is 0.863. The van der Waals surface area contributed by atoms with Crippen LogP contribution in [0.1, 0.15) is 55.3 Å². The molecule has 2 rings (SSSR count). The van der Waals surface area contributed by atoms with E-state index in [1.165, 1.54) is 24.1 Å². The minimum Gasteiger partial charge on any atom is -0.356 e. The second-order valence-electron chi connectivity index (χ2n) is 6.40. The van der Waals surface area contributed by atoms with Crippen molar-refractivity contribution in [3.8, 4) is 0 Å². The Kier molecular flexibility index (Phi) is 8.72. The van der Waals surface area contributed by atoms with Crippen molar-refractivity contribution in [2.75, 3.05) is 20.1 Å². The van der Waals surface area contributed by atoms with E-state index in [2.05, 4.69) is 32.9 Å². The third kappa shape index (κ3) is 7.42. The first kappa shape index (κ1) is 19.7. The lowest BCUT2D eigenvalue weighted by atomic mass is 9.95. The van der Waals surface area contributed by atoms with Crippen molar-refractivity contribution < 1.29 is 4.79 Å². The number of hydrogen-bond acceptors (Lipinski definition) is 4. The number of carbonyl (C=O) groups excluding carboxylic acids is 1. The zero-order valence-electron chi connectivity index (χ0n) is 15.4. The molecule has 0 spiro atoms. The van der Waals surface area contributed by atoms with Crippen molar-refractivity contribution in [2.24, 2.45) is 4.99 Å². The van der Waals surface area contributed by atoms with Gasteiger partial charge in [-0.15, -0.1) is 11.3 Å². The van der Waals surface area contributed by atoms with Crippen LogP contribution in [0.15, 0.2) is 11.2 Å². The summed E-state index contributed by atoms with van der Waals surface area (Å²) >= 11 is 1.77. The summed E-state index contributed by atoms with van der Waals surface area (Å²) < 4.78 is 0. The van der Waals surface area contributed by atoms with Crippen LogP contribution in [0.25, 0.3) is 0 Å². The fourth-order valence-corrected chi connectivity index (χ4v) is 3.84. The highest BCUT2D eigenvalue weighted by Crippen LogP contribution is 2.17. The Bertz CT molecular complexity index is 551. The van der Waals surface area contributed by atoms with Gasteiger partial charge in [-0.05, 0) is 19.3 Å². The molecule has 1 fully saturated rings. The van der Waals surface area contributed by atoms with Crippen LogP contribution < -0.4 is 16.0 Å². The minimum absolute atomic E-state index is 0.129. The molecule has 1 amide bonds. The zero-order valence-corrected chi connectivity index (χ0v) is 16.3. The molecule has 1 aromatic heterocycles. The van der Waals surface area contributed by atoms with Crippen molar-refractivity contribution in [3.63, 3.8) is 0 Å².